The monoisotopic (exact) mass is 813 g/mol. The number of aromatic nitrogens is 2. The summed E-state index contributed by atoms with van der Waals surface area (Å²) in [6.45, 7) is 0. The summed E-state index contributed by atoms with van der Waals surface area (Å²) in [5, 5.41) is 23.7. The highest BCUT2D eigenvalue weighted by atomic mass is 15.3. The summed E-state index contributed by atoms with van der Waals surface area (Å²) in [5.41, 5.74) is 7.71. The second-order valence-corrected chi connectivity index (χ2v) is 17.4. The third kappa shape index (κ3) is 4.62. The van der Waals surface area contributed by atoms with Crippen LogP contribution in [-0.4, -0.2) is 20.8 Å². The Morgan fingerprint density at radius 1 is 0.375 bits per heavy atom. The van der Waals surface area contributed by atoms with E-state index in [-0.39, 0.29) is 0 Å². The van der Waals surface area contributed by atoms with Gasteiger partial charge in [-0.2, -0.15) is 0 Å². The van der Waals surface area contributed by atoms with E-state index in [9.17, 15) is 0 Å². The van der Waals surface area contributed by atoms with Gasteiger partial charge < -0.3 is 14.5 Å². The van der Waals surface area contributed by atoms with Crippen molar-refractivity contribution in [1.82, 2.24) is 14.5 Å². The molecule has 0 bridgehead atoms. The van der Waals surface area contributed by atoms with E-state index in [4.69, 9.17) is 9.98 Å². The van der Waals surface area contributed by atoms with Gasteiger partial charge in [0.15, 0.2) is 5.84 Å². The van der Waals surface area contributed by atoms with Gasteiger partial charge in [0.2, 0.25) is 6.29 Å². The van der Waals surface area contributed by atoms with Gasteiger partial charge in [0, 0.05) is 38.4 Å². The zero-order valence-corrected chi connectivity index (χ0v) is 34.4. The number of hydrogen-bond acceptors (Lipinski definition) is 3. The smallest absolute Gasteiger partial charge is 0.204 e. The molecular formula is C59H35N5. The van der Waals surface area contributed by atoms with Crippen LogP contribution in [0, 0.1) is 0 Å². The molecule has 15 rings (SSSR count). The molecule has 0 saturated carbocycles. The lowest BCUT2D eigenvalue weighted by Crippen LogP contribution is -2.36. The molecule has 64 heavy (non-hydrogen) atoms. The first-order chi connectivity index (χ1) is 31.7. The first-order valence-corrected chi connectivity index (χ1v) is 22.0. The van der Waals surface area contributed by atoms with Crippen LogP contribution in [0.1, 0.15) is 17.4 Å². The van der Waals surface area contributed by atoms with Crippen LogP contribution in [0.2, 0.25) is 0 Å². The van der Waals surface area contributed by atoms with Gasteiger partial charge >= 0.3 is 0 Å². The van der Waals surface area contributed by atoms with Gasteiger partial charge in [-0.1, -0.05) is 146 Å². The quantitative estimate of drug-likeness (QED) is 0.177. The number of fused-ring (bicyclic) bond motifs is 7. The molecule has 14 aromatic rings. The molecule has 0 aliphatic carbocycles. The molecule has 1 N–H and O–H groups in total. The Labute approximate surface area is 366 Å². The Hall–Kier alpha value is -8.54. The van der Waals surface area contributed by atoms with Crippen LogP contribution in [0.25, 0.3) is 114 Å². The van der Waals surface area contributed by atoms with E-state index in [1.54, 1.807) is 0 Å². The van der Waals surface area contributed by atoms with Gasteiger partial charge in [0.1, 0.15) is 5.84 Å². The zero-order chi connectivity index (χ0) is 41.6. The molecule has 0 radical (unpaired) electrons. The summed E-state index contributed by atoms with van der Waals surface area (Å²) >= 11 is 0. The molecule has 0 amide bonds. The topological polar surface area (TPSA) is 46.6 Å². The normalized spacial score (nSPS) is 14.7. The van der Waals surface area contributed by atoms with E-state index >= 15 is 0 Å². The molecule has 2 aromatic heterocycles. The van der Waals surface area contributed by atoms with Gasteiger partial charge in [-0.25, -0.2) is 9.98 Å². The highest BCUT2D eigenvalue weighted by Gasteiger charge is 2.28. The minimum absolute atomic E-state index is 0.520. The molecule has 5 nitrogen and oxygen atoms in total. The fourth-order valence-electron chi connectivity index (χ4n) is 11.3. The molecule has 1 aliphatic heterocycles. The minimum atomic E-state index is -0.520. The van der Waals surface area contributed by atoms with Crippen molar-refractivity contribution in [3.63, 3.8) is 0 Å². The molecule has 0 fully saturated rings. The van der Waals surface area contributed by atoms with Gasteiger partial charge in [0.25, 0.3) is 0 Å². The minimum Gasteiger partial charge on any atom is -0.331 e. The standard InChI is InChI=1S/C59H35N5/c1-2-14-44(15-3-1)63-48-18-6-4-16-45(48)46-28-29-50-55(56(46)63)47-17-5-7-19-49(47)64(50)59-61-57(42-30-38-24-20-34-10-8-11-35-21-25-39(31-42)53(38)51(34)35)60-58(62-59)43-32-40-26-22-36-12-9-13-37-23-27-41(33-43)54(40)52(36)37/h1-33,59H,(H,60,61,62). The SMILES string of the molecule is c1ccc(-n2c3ccccc3c3ccc4c(c5ccccc5n4C4N=C(c5cc6ccc7cccc8ccc(c5)c6c78)N=C(c5cc6ccc7cccc8ccc(c5)c6c78)N4)c32)cc1. The number of benzene rings is 12. The molecule has 0 spiro atoms. The number of nitrogens with zero attached hydrogens (tertiary/aromatic N) is 4. The van der Waals surface area contributed by atoms with Crippen LogP contribution in [0.3, 0.4) is 0 Å². The van der Waals surface area contributed by atoms with Crippen molar-refractivity contribution in [2.24, 2.45) is 9.98 Å². The predicted octanol–water partition coefficient (Wildman–Crippen LogP) is 14.6. The van der Waals surface area contributed by atoms with Gasteiger partial charge in [-0.3, -0.25) is 0 Å². The van der Waals surface area contributed by atoms with Gasteiger partial charge in [-0.05, 0) is 119 Å². The number of amidine groups is 2. The van der Waals surface area contributed by atoms with Crippen molar-refractivity contribution in [1.29, 1.82) is 0 Å². The van der Waals surface area contributed by atoms with Crippen LogP contribution in [-0.2, 0) is 0 Å². The second-order valence-electron chi connectivity index (χ2n) is 17.4. The van der Waals surface area contributed by atoms with E-state index in [0.717, 1.165) is 33.7 Å². The number of nitrogens with one attached hydrogen (secondary N) is 1. The van der Waals surface area contributed by atoms with Crippen LogP contribution >= 0.6 is 0 Å². The number of hydrogen-bond donors (Lipinski definition) is 1. The Morgan fingerprint density at radius 3 is 1.52 bits per heavy atom. The van der Waals surface area contributed by atoms with Crippen LogP contribution in [0.15, 0.2) is 210 Å². The second kappa shape index (κ2) is 12.5. The van der Waals surface area contributed by atoms with Gasteiger partial charge in [0.05, 0.1) is 22.1 Å². The highest BCUT2D eigenvalue weighted by molar-refractivity contribution is 6.28. The molecule has 296 valence electrons. The van der Waals surface area contributed by atoms with Crippen LogP contribution in [0.5, 0.6) is 0 Å². The largest absolute Gasteiger partial charge is 0.331 e. The average molecular weight is 814 g/mol. The summed E-state index contributed by atoms with van der Waals surface area (Å²) in [5.74, 6) is 1.48. The van der Waals surface area contributed by atoms with E-state index in [2.05, 4.69) is 215 Å². The fourth-order valence-corrected chi connectivity index (χ4v) is 11.3. The first kappa shape index (κ1) is 34.1. The maximum absolute atomic E-state index is 5.63. The van der Waals surface area contributed by atoms with E-state index in [1.807, 2.05) is 0 Å². The molecule has 5 heteroatoms. The number of rotatable bonds is 4. The lowest BCUT2D eigenvalue weighted by Gasteiger charge is -2.26. The number of aliphatic imine (C=N–C) groups is 2. The third-order valence-corrected chi connectivity index (χ3v) is 14.0. The van der Waals surface area contributed by atoms with Crippen LogP contribution < -0.4 is 5.32 Å². The van der Waals surface area contributed by atoms with E-state index < -0.39 is 6.29 Å². The van der Waals surface area contributed by atoms with Crippen molar-refractivity contribution in [2.45, 2.75) is 6.29 Å². The van der Waals surface area contributed by atoms with Crippen LogP contribution in [0.4, 0.5) is 0 Å². The lowest BCUT2D eigenvalue weighted by atomic mass is 9.92. The first-order valence-electron chi connectivity index (χ1n) is 22.0. The van der Waals surface area contributed by atoms with E-state index in [0.29, 0.717) is 5.84 Å². The number of para-hydroxylation sites is 3. The summed E-state index contributed by atoms with van der Waals surface area (Å²) in [6.07, 6.45) is -0.520. The average Bonchev–Trinajstić information content (AvgIpc) is 3.88. The van der Waals surface area contributed by atoms with Crippen molar-refractivity contribution < 1.29 is 0 Å². The zero-order valence-electron chi connectivity index (χ0n) is 34.4. The summed E-state index contributed by atoms with van der Waals surface area (Å²) in [6, 6.07) is 73.2. The van der Waals surface area contributed by atoms with Crippen molar-refractivity contribution in [2.75, 3.05) is 0 Å². The lowest BCUT2D eigenvalue weighted by molar-refractivity contribution is 0.516. The molecule has 0 saturated heterocycles. The van der Waals surface area contributed by atoms with Crippen molar-refractivity contribution in [3.05, 3.63) is 211 Å². The fraction of sp³-hybridized carbons (Fsp3) is 0.0169. The molecule has 1 unspecified atom stereocenters. The molecule has 1 atom stereocenters. The molecule has 1 aliphatic rings. The molecule has 3 heterocycles. The maximum atomic E-state index is 5.63. The van der Waals surface area contributed by atoms with Crippen molar-refractivity contribution >= 4 is 120 Å². The Morgan fingerprint density at radius 2 is 0.891 bits per heavy atom. The maximum Gasteiger partial charge on any atom is 0.204 e. The molecule has 12 aromatic carbocycles. The Bertz CT molecular complexity index is 4210. The Balaban J connectivity index is 1.00. The molecular weight excluding hydrogens is 779 g/mol. The summed E-state index contributed by atoms with van der Waals surface area (Å²) < 4.78 is 4.83. The summed E-state index contributed by atoms with van der Waals surface area (Å²) in [4.78, 5) is 11.1. The summed E-state index contributed by atoms with van der Waals surface area (Å²) in [7, 11) is 0. The third-order valence-electron chi connectivity index (χ3n) is 14.0. The van der Waals surface area contributed by atoms with Gasteiger partial charge in [-0.15, -0.1) is 0 Å². The van der Waals surface area contributed by atoms with Crippen molar-refractivity contribution in [3.8, 4) is 5.69 Å². The predicted molar refractivity (Wildman–Crippen MR) is 269 cm³/mol. The Kier molecular flexibility index (Phi) is 6.67. The highest BCUT2D eigenvalue weighted by Crippen LogP contribution is 2.43. The van der Waals surface area contributed by atoms with E-state index in [1.165, 1.54) is 97.2 Å².